The van der Waals surface area contributed by atoms with E-state index in [0.717, 1.165) is 35.4 Å². The third-order valence-corrected chi connectivity index (χ3v) is 7.04. The van der Waals surface area contributed by atoms with Crippen LogP contribution >= 0.6 is 11.3 Å². The third-order valence-electron chi connectivity index (χ3n) is 6.15. The van der Waals surface area contributed by atoms with Crippen molar-refractivity contribution in [2.45, 2.75) is 31.5 Å². The molecular formula is C25H19F4N7O2S. The van der Waals surface area contributed by atoms with Gasteiger partial charge in [-0.3, -0.25) is 0 Å². The minimum Gasteiger partial charge on any atom is -0.480 e. The van der Waals surface area contributed by atoms with Gasteiger partial charge in [0, 0.05) is 30.9 Å². The van der Waals surface area contributed by atoms with E-state index >= 15 is 0 Å². The summed E-state index contributed by atoms with van der Waals surface area (Å²) in [4.78, 5) is 25.5. The van der Waals surface area contributed by atoms with E-state index in [4.69, 9.17) is 9.47 Å². The molecule has 0 saturated heterocycles. The number of halogens is 4. The molecule has 5 aromatic rings. The lowest BCUT2D eigenvalue weighted by atomic mass is 10.1. The predicted molar refractivity (Wildman–Crippen MR) is 133 cm³/mol. The normalized spacial score (nSPS) is 13.7. The molecule has 14 heteroatoms. The van der Waals surface area contributed by atoms with Crippen molar-refractivity contribution in [2.24, 2.45) is 7.05 Å². The van der Waals surface area contributed by atoms with Gasteiger partial charge in [-0.05, 0) is 30.4 Å². The summed E-state index contributed by atoms with van der Waals surface area (Å²) >= 11 is 1.39. The molecule has 1 aliphatic carbocycles. The van der Waals surface area contributed by atoms with E-state index in [0.29, 0.717) is 33.0 Å². The summed E-state index contributed by atoms with van der Waals surface area (Å²) in [5.41, 5.74) is 0.996. The lowest BCUT2D eigenvalue weighted by Crippen LogP contribution is -2.05. The molecular weight excluding hydrogens is 538 g/mol. The second-order valence-electron chi connectivity index (χ2n) is 8.93. The number of imidazole rings is 1. The van der Waals surface area contributed by atoms with Gasteiger partial charge < -0.3 is 14.0 Å². The fourth-order valence-electron chi connectivity index (χ4n) is 4.16. The van der Waals surface area contributed by atoms with Crippen molar-refractivity contribution in [3.63, 3.8) is 0 Å². The first-order valence-corrected chi connectivity index (χ1v) is 12.6. The molecule has 5 heterocycles. The van der Waals surface area contributed by atoms with E-state index in [2.05, 4.69) is 29.9 Å². The van der Waals surface area contributed by atoms with Crippen molar-refractivity contribution in [2.75, 3.05) is 7.11 Å². The number of rotatable bonds is 7. The number of hydrogen-bond donors (Lipinski definition) is 0. The van der Waals surface area contributed by atoms with Crippen molar-refractivity contribution in [3.8, 4) is 34.7 Å². The minimum atomic E-state index is -4.65. The molecule has 1 saturated carbocycles. The van der Waals surface area contributed by atoms with Gasteiger partial charge in [-0.15, -0.1) is 11.3 Å². The first kappa shape index (κ1) is 25.1. The molecule has 9 nitrogen and oxygen atoms in total. The Labute approximate surface area is 222 Å². The molecule has 0 aliphatic heterocycles. The number of methoxy groups -OCH3 is 1. The summed E-state index contributed by atoms with van der Waals surface area (Å²) in [5, 5.41) is 1.86. The summed E-state index contributed by atoms with van der Waals surface area (Å²) in [6.07, 6.45) is 0.917. The first-order chi connectivity index (χ1) is 18.7. The van der Waals surface area contributed by atoms with Gasteiger partial charge in [-0.25, -0.2) is 29.3 Å². The van der Waals surface area contributed by atoms with Crippen LogP contribution in [0.2, 0.25) is 0 Å². The molecule has 0 bridgehead atoms. The van der Waals surface area contributed by atoms with E-state index < -0.39 is 17.7 Å². The third kappa shape index (κ3) is 4.75. The summed E-state index contributed by atoms with van der Waals surface area (Å²) < 4.78 is 67.3. The smallest absolute Gasteiger partial charge is 0.434 e. The van der Waals surface area contributed by atoms with Crippen molar-refractivity contribution < 1.29 is 27.0 Å². The number of nitrogens with zero attached hydrogens (tertiary/aromatic N) is 7. The zero-order chi connectivity index (χ0) is 27.3. The van der Waals surface area contributed by atoms with Crippen LogP contribution in [0.15, 0.2) is 36.2 Å². The Balaban J connectivity index is 1.31. The number of fused-ring (bicyclic) bond motifs is 1. The highest BCUT2D eigenvalue weighted by Crippen LogP contribution is 2.45. The monoisotopic (exact) mass is 557 g/mol. The standard InChI is InChI=1S/C25H19F4N7O2S/c1-36-9-16(25(27,28)29)34-22(36)19-14(26)7-12(8-30-19)10-38-24-20-15(5-6-39-20)33-21(35-24)17-18(13-3-4-13)31-11-32-23(17)37-2/h5-9,11,13H,3-4,10H2,1-2H3. The molecule has 0 N–H and O–H groups in total. The lowest BCUT2D eigenvalue weighted by Gasteiger charge is -2.13. The van der Waals surface area contributed by atoms with Gasteiger partial charge in [0.1, 0.15) is 28.9 Å². The fourth-order valence-corrected chi connectivity index (χ4v) is 4.93. The number of ether oxygens (including phenoxy) is 2. The van der Waals surface area contributed by atoms with Crippen LogP contribution in [0.5, 0.6) is 11.8 Å². The molecule has 6 rings (SSSR count). The zero-order valence-corrected chi connectivity index (χ0v) is 21.3. The molecule has 39 heavy (non-hydrogen) atoms. The van der Waals surface area contributed by atoms with E-state index in [1.54, 1.807) is 0 Å². The van der Waals surface area contributed by atoms with Crippen LogP contribution < -0.4 is 9.47 Å². The molecule has 1 aliphatic rings. The number of alkyl halides is 3. The second-order valence-corrected chi connectivity index (χ2v) is 9.84. The highest BCUT2D eigenvalue weighted by atomic mass is 32.1. The number of pyridine rings is 1. The molecule has 0 amide bonds. The van der Waals surface area contributed by atoms with Gasteiger partial charge in [0.25, 0.3) is 0 Å². The quantitative estimate of drug-likeness (QED) is 0.240. The summed E-state index contributed by atoms with van der Waals surface area (Å²) in [6, 6.07) is 2.99. The number of aryl methyl sites for hydroxylation is 1. The Kier molecular flexibility index (Phi) is 6.13. The molecule has 0 radical (unpaired) electrons. The number of aromatic nitrogens is 7. The summed E-state index contributed by atoms with van der Waals surface area (Å²) in [5.74, 6) is 0.201. The maximum absolute atomic E-state index is 14.9. The molecule has 0 atom stereocenters. The van der Waals surface area contributed by atoms with Crippen LogP contribution in [0.3, 0.4) is 0 Å². The maximum Gasteiger partial charge on any atom is 0.434 e. The average Bonchev–Trinajstić information content (AvgIpc) is 3.51. The predicted octanol–water partition coefficient (Wildman–Crippen LogP) is 5.57. The lowest BCUT2D eigenvalue weighted by molar-refractivity contribution is -0.140. The Hall–Kier alpha value is -4.20. The number of thiophene rings is 1. The van der Waals surface area contributed by atoms with Gasteiger partial charge in [-0.2, -0.15) is 18.2 Å². The highest BCUT2D eigenvalue weighted by Gasteiger charge is 2.35. The Morgan fingerprint density at radius 1 is 1.10 bits per heavy atom. The summed E-state index contributed by atoms with van der Waals surface area (Å²) in [6.45, 7) is -0.0973. The SMILES string of the molecule is COc1ncnc(C2CC2)c1-c1nc(OCc2cnc(-c3nc(C(F)(F)F)cn3C)c(F)c2)c2sccc2n1. The van der Waals surface area contributed by atoms with E-state index in [1.807, 2.05) is 11.4 Å². The first-order valence-electron chi connectivity index (χ1n) is 11.8. The molecule has 5 aromatic heterocycles. The Bertz CT molecular complexity index is 1700. The highest BCUT2D eigenvalue weighted by molar-refractivity contribution is 7.17. The molecule has 0 spiro atoms. The van der Waals surface area contributed by atoms with Gasteiger partial charge in [-0.1, -0.05) is 0 Å². The van der Waals surface area contributed by atoms with Gasteiger partial charge >= 0.3 is 6.18 Å². The topological polar surface area (TPSA) is 101 Å². The van der Waals surface area contributed by atoms with Crippen LogP contribution in [-0.2, 0) is 19.8 Å². The Morgan fingerprint density at radius 3 is 2.62 bits per heavy atom. The molecule has 200 valence electrons. The van der Waals surface area contributed by atoms with E-state index in [1.165, 1.54) is 38.0 Å². The number of hydrogen-bond acceptors (Lipinski definition) is 9. The van der Waals surface area contributed by atoms with Crippen molar-refractivity contribution in [1.82, 2.24) is 34.5 Å². The van der Waals surface area contributed by atoms with Crippen LogP contribution in [0.25, 0.3) is 33.1 Å². The van der Waals surface area contributed by atoms with Gasteiger partial charge in [0.05, 0.1) is 18.3 Å². The van der Waals surface area contributed by atoms with E-state index in [-0.39, 0.29) is 29.9 Å². The van der Waals surface area contributed by atoms with Crippen molar-refractivity contribution >= 4 is 21.6 Å². The van der Waals surface area contributed by atoms with Gasteiger partial charge in [0.15, 0.2) is 23.2 Å². The van der Waals surface area contributed by atoms with E-state index in [9.17, 15) is 17.6 Å². The zero-order valence-electron chi connectivity index (χ0n) is 20.5. The second kappa shape index (κ2) is 9.52. The van der Waals surface area contributed by atoms with Crippen LogP contribution in [-0.4, -0.2) is 41.6 Å². The van der Waals surface area contributed by atoms with Crippen molar-refractivity contribution in [3.05, 3.63) is 59.0 Å². The van der Waals surface area contributed by atoms with Crippen LogP contribution in [0.1, 0.15) is 35.7 Å². The van der Waals surface area contributed by atoms with Gasteiger partial charge in [0.2, 0.25) is 11.8 Å². The maximum atomic E-state index is 14.9. The minimum absolute atomic E-state index is 0.0973. The fraction of sp³-hybridized carbons (Fsp3) is 0.280. The van der Waals surface area contributed by atoms with Crippen molar-refractivity contribution in [1.29, 1.82) is 0 Å². The van der Waals surface area contributed by atoms with Crippen LogP contribution in [0.4, 0.5) is 17.6 Å². The summed E-state index contributed by atoms with van der Waals surface area (Å²) in [7, 11) is 2.86. The molecule has 1 fully saturated rings. The largest absolute Gasteiger partial charge is 0.480 e. The molecule has 0 aromatic carbocycles. The Morgan fingerprint density at radius 2 is 1.92 bits per heavy atom. The molecule has 0 unspecified atom stereocenters. The van der Waals surface area contributed by atoms with Crippen LogP contribution in [0, 0.1) is 5.82 Å². The average molecular weight is 558 g/mol.